The molecule has 4 N–H and O–H groups in total. The van der Waals surface area contributed by atoms with Gasteiger partial charge in [0.15, 0.2) is 0 Å². The molecule has 1 aliphatic rings. The topological polar surface area (TPSA) is 107 Å². The van der Waals surface area contributed by atoms with Crippen molar-refractivity contribution in [2.24, 2.45) is 0 Å². The number of hydrogen-bond acceptors (Lipinski definition) is 4. The van der Waals surface area contributed by atoms with E-state index in [4.69, 9.17) is 0 Å². The van der Waals surface area contributed by atoms with Crippen molar-refractivity contribution in [3.63, 3.8) is 0 Å². The highest BCUT2D eigenvalue weighted by Gasteiger charge is 2.51. The lowest BCUT2D eigenvalue weighted by Crippen LogP contribution is -2.34. The molecule has 114 valence electrons. The Morgan fingerprint density at radius 2 is 2.00 bits per heavy atom. The third kappa shape index (κ3) is 3.22. The fourth-order valence-electron chi connectivity index (χ4n) is 2.35. The predicted molar refractivity (Wildman–Crippen MR) is 74.6 cm³/mol. The van der Waals surface area contributed by atoms with E-state index in [1.807, 2.05) is 0 Å². The fraction of sp³-hybridized carbons (Fsp3) is 0.467. The number of aliphatic carboxylic acids is 1. The maximum Gasteiger partial charge on any atom is 0.314 e. The van der Waals surface area contributed by atoms with Crippen LogP contribution in [0.15, 0.2) is 24.3 Å². The molecule has 21 heavy (non-hydrogen) atoms. The number of carbonyl (C=O) groups excluding carboxylic acids is 1. The summed E-state index contributed by atoms with van der Waals surface area (Å²) in [5, 5.41) is 31.7. The Balaban J connectivity index is 2.14. The number of carbonyl (C=O) groups is 2. The van der Waals surface area contributed by atoms with Gasteiger partial charge in [-0.25, -0.2) is 0 Å². The molecule has 1 fully saturated rings. The largest absolute Gasteiger partial charge is 0.481 e. The highest BCUT2D eigenvalue weighted by atomic mass is 16.4. The van der Waals surface area contributed by atoms with Gasteiger partial charge in [0.25, 0.3) is 0 Å². The molecule has 2 atom stereocenters. The number of nitrogens with one attached hydrogen (secondary N) is 1. The zero-order valence-corrected chi connectivity index (χ0v) is 11.7. The Bertz CT molecular complexity index is 553. The average molecular weight is 293 g/mol. The number of benzene rings is 1. The number of carboxylic acid groups (broad SMARTS) is 1. The van der Waals surface area contributed by atoms with Crippen LogP contribution in [0.5, 0.6) is 0 Å². The molecule has 6 nitrogen and oxygen atoms in total. The summed E-state index contributed by atoms with van der Waals surface area (Å²) in [5.74, 6) is -1.16. The van der Waals surface area contributed by atoms with Gasteiger partial charge in [0.05, 0.1) is 5.41 Å². The van der Waals surface area contributed by atoms with E-state index < -0.39 is 23.6 Å². The lowest BCUT2D eigenvalue weighted by Gasteiger charge is -2.20. The maximum absolute atomic E-state index is 11.3. The summed E-state index contributed by atoms with van der Waals surface area (Å²) in [7, 11) is 0. The van der Waals surface area contributed by atoms with Crippen LogP contribution in [-0.4, -0.2) is 39.8 Å². The number of carboxylic acids is 1. The zero-order chi connectivity index (χ0) is 15.6. The molecule has 0 spiro atoms. The predicted octanol–water partition coefficient (Wildman–Crippen LogP) is 0.333. The zero-order valence-electron chi connectivity index (χ0n) is 11.7. The Morgan fingerprint density at radius 3 is 2.52 bits per heavy atom. The first-order valence-electron chi connectivity index (χ1n) is 6.81. The second-order valence-corrected chi connectivity index (χ2v) is 5.46. The number of rotatable bonds is 6. The van der Waals surface area contributed by atoms with Gasteiger partial charge in [-0.1, -0.05) is 24.3 Å². The van der Waals surface area contributed by atoms with Crippen LogP contribution < -0.4 is 5.32 Å². The van der Waals surface area contributed by atoms with E-state index in [1.54, 1.807) is 24.3 Å². The molecule has 0 bridgehead atoms. The monoisotopic (exact) mass is 293 g/mol. The minimum absolute atomic E-state index is 0.0647. The van der Waals surface area contributed by atoms with Gasteiger partial charge in [0, 0.05) is 13.5 Å². The summed E-state index contributed by atoms with van der Waals surface area (Å²) >= 11 is 0. The Morgan fingerprint density at radius 1 is 1.33 bits per heavy atom. The van der Waals surface area contributed by atoms with Crippen LogP contribution in [-0.2, 0) is 15.0 Å². The van der Waals surface area contributed by atoms with Crippen molar-refractivity contribution in [2.75, 3.05) is 6.54 Å². The number of amides is 1. The van der Waals surface area contributed by atoms with Crippen LogP contribution in [0, 0.1) is 0 Å². The molecule has 1 aromatic rings. The molecule has 0 aromatic heterocycles. The first-order chi connectivity index (χ1) is 9.86. The smallest absolute Gasteiger partial charge is 0.314 e. The molecule has 2 unspecified atom stereocenters. The van der Waals surface area contributed by atoms with Crippen molar-refractivity contribution < 1.29 is 24.9 Å². The summed E-state index contributed by atoms with van der Waals surface area (Å²) in [6, 6.07) is 6.63. The van der Waals surface area contributed by atoms with E-state index in [1.165, 1.54) is 6.92 Å². The Kier molecular flexibility index (Phi) is 4.29. The lowest BCUT2D eigenvalue weighted by molar-refractivity contribution is -0.140. The van der Waals surface area contributed by atoms with Crippen molar-refractivity contribution in [1.82, 2.24) is 5.32 Å². The molecule has 0 radical (unpaired) electrons. The average Bonchev–Trinajstić information content (AvgIpc) is 3.25. The normalized spacial score (nSPS) is 18.6. The summed E-state index contributed by atoms with van der Waals surface area (Å²) in [6.07, 6.45) is -1.17. The minimum Gasteiger partial charge on any atom is -0.481 e. The van der Waals surface area contributed by atoms with E-state index in [-0.39, 0.29) is 12.5 Å². The van der Waals surface area contributed by atoms with Crippen molar-refractivity contribution >= 4 is 11.9 Å². The quantitative estimate of drug-likeness (QED) is 0.605. The third-order valence-electron chi connectivity index (χ3n) is 3.86. The van der Waals surface area contributed by atoms with Gasteiger partial charge in [-0.05, 0) is 24.0 Å². The molecule has 0 saturated heterocycles. The van der Waals surface area contributed by atoms with Crippen LogP contribution in [0.1, 0.15) is 37.0 Å². The number of hydrogen-bond donors (Lipinski definition) is 4. The maximum atomic E-state index is 11.3. The second kappa shape index (κ2) is 5.83. The Hall–Kier alpha value is -1.92. The van der Waals surface area contributed by atoms with Crippen LogP contribution in [0.25, 0.3) is 0 Å². The van der Waals surface area contributed by atoms with Crippen LogP contribution in [0.4, 0.5) is 0 Å². The molecule has 6 heteroatoms. The summed E-state index contributed by atoms with van der Waals surface area (Å²) < 4.78 is 0. The van der Waals surface area contributed by atoms with Gasteiger partial charge in [-0.2, -0.15) is 0 Å². The molecule has 2 rings (SSSR count). The van der Waals surface area contributed by atoms with E-state index in [0.29, 0.717) is 24.0 Å². The van der Waals surface area contributed by atoms with E-state index in [0.717, 1.165) is 0 Å². The van der Waals surface area contributed by atoms with Crippen molar-refractivity contribution in [3.05, 3.63) is 35.4 Å². The van der Waals surface area contributed by atoms with E-state index in [9.17, 15) is 24.9 Å². The van der Waals surface area contributed by atoms with Gasteiger partial charge >= 0.3 is 5.97 Å². The van der Waals surface area contributed by atoms with E-state index in [2.05, 4.69) is 5.32 Å². The summed E-state index contributed by atoms with van der Waals surface area (Å²) in [4.78, 5) is 22.1. The molecule has 0 aliphatic heterocycles. The van der Waals surface area contributed by atoms with Gasteiger partial charge in [0.2, 0.25) is 5.91 Å². The number of aliphatic hydroxyl groups is 2. The highest BCUT2D eigenvalue weighted by Crippen LogP contribution is 2.48. The fourth-order valence-corrected chi connectivity index (χ4v) is 2.35. The second-order valence-electron chi connectivity index (χ2n) is 5.46. The molecule has 1 amide bonds. The van der Waals surface area contributed by atoms with Crippen molar-refractivity contribution in [1.29, 1.82) is 0 Å². The number of aliphatic hydroxyl groups excluding tert-OH is 2. The molecular weight excluding hydrogens is 274 g/mol. The van der Waals surface area contributed by atoms with Crippen molar-refractivity contribution in [2.45, 2.75) is 37.4 Å². The van der Waals surface area contributed by atoms with E-state index >= 15 is 0 Å². The minimum atomic E-state index is -1.18. The molecule has 1 saturated carbocycles. The van der Waals surface area contributed by atoms with Crippen LogP contribution in [0.2, 0.25) is 0 Å². The lowest BCUT2D eigenvalue weighted by atomic mass is 9.92. The third-order valence-corrected chi connectivity index (χ3v) is 3.86. The standard InChI is InChI=1S/C15H19NO5/c1-9(17)16-8-12(18)13(19)10-3-2-4-11(7-10)15(5-6-15)14(20)21/h2-4,7,12-13,18-19H,5-6,8H2,1H3,(H,16,17)(H,20,21). The van der Waals surface area contributed by atoms with Gasteiger partial charge in [-0.3, -0.25) is 9.59 Å². The first-order valence-corrected chi connectivity index (χ1v) is 6.81. The first kappa shape index (κ1) is 15.5. The van der Waals surface area contributed by atoms with Gasteiger partial charge in [-0.15, -0.1) is 0 Å². The summed E-state index contributed by atoms with van der Waals surface area (Å²) in [5.41, 5.74) is 0.231. The molecule has 0 heterocycles. The highest BCUT2D eigenvalue weighted by molar-refractivity contribution is 5.84. The van der Waals surface area contributed by atoms with Gasteiger partial charge < -0.3 is 20.6 Å². The van der Waals surface area contributed by atoms with Crippen molar-refractivity contribution in [3.8, 4) is 0 Å². The molecule has 1 aliphatic carbocycles. The Labute approximate surface area is 122 Å². The van der Waals surface area contributed by atoms with Gasteiger partial charge in [0.1, 0.15) is 12.2 Å². The van der Waals surface area contributed by atoms with Crippen LogP contribution in [0.3, 0.4) is 0 Å². The molecular formula is C15H19NO5. The summed E-state index contributed by atoms with van der Waals surface area (Å²) in [6.45, 7) is 1.26. The molecule has 1 aromatic carbocycles. The van der Waals surface area contributed by atoms with Crippen LogP contribution >= 0.6 is 0 Å². The SMILES string of the molecule is CC(=O)NCC(O)C(O)c1cccc(C2(C(=O)O)CC2)c1.